The average Bonchev–Trinajstić information content (AvgIpc) is 2.99. The van der Waals surface area contributed by atoms with E-state index in [4.69, 9.17) is 14.2 Å². The van der Waals surface area contributed by atoms with Crippen molar-refractivity contribution in [2.45, 2.75) is 13.0 Å². The highest BCUT2D eigenvalue weighted by Crippen LogP contribution is 2.27. The van der Waals surface area contributed by atoms with E-state index in [0.29, 0.717) is 24.5 Å². The molecule has 0 bridgehead atoms. The molecular formula is C14H17N3O4. The van der Waals surface area contributed by atoms with Crippen molar-refractivity contribution in [3.05, 3.63) is 36.4 Å². The quantitative estimate of drug-likeness (QED) is 0.711. The molecular weight excluding hydrogens is 274 g/mol. The zero-order chi connectivity index (χ0) is 15.1. The third-order valence-corrected chi connectivity index (χ3v) is 2.86. The molecule has 7 heteroatoms. The summed E-state index contributed by atoms with van der Waals surface area (Å²) in [6.45, 7) is 0.356. The molecule has 2 aromatic rings. The number of rotatable bonds is 7. The summed E-state index contributed by atoms with van der Waals surface area (Å²) >= 11 is 0. The summed E-state index contributed by atoms with van der Waals surface area (Å²) in [6.07, 6.45) is 3.44. The highest BCUT2D eigenvalue weighted by molar-refractivity contribution is 5.68. The van der Waals surface area contributed by atoms with Gasteiger partial charge in [0.2, 0.25) is 0 Å². The standard InChI is InChI=1S/C14H17N3O4/c1-19-12-4-3-11(7-13(12)20-2)5-6-21-14(18)8-17-10-15-9-16-17/h3-4,7,9-10H,5-6,8H2,1-2H3. The van der Waals surface area contributed by atoms with E-state index in [1.165, 1.54) is 17.3 Å². The zero-order valence-electron chi connectivity index (χ0n) is 12.0. The fourth-order valence-corrected chi connectivity index (χ4v) is 1.81. The van der Waals surface area contributed by atoms with E-state index in [1.54, 1.807) is 14.2 Å². The third-order valence-electron chi connectivity index (χ3n) is 2.86. The zero-order valence-corrected chi connectivity index (χ0v) is 12.0. The lowest BCUT2D eigenvalue weighted by molar-refractivity contribution is -0.144. The van der Waals surface area contributed by atoms with Gasteiger partial charge in [-0.1, -0.05) is 6.07 Å². The molecule has 1 heterocycles. The van der Waals surface area contributed by atoms with Crippen molar-refractivity contribution in [2.24, 2.45) is 0 Å². The van der Waals surface area contributed by atoms with Crippen LogP contribution in [0, 0.1) is 0 Å². The van der Waals surface area contributed by atoms with E-state index < -0.39 is 0 Å². The molecule has 112 valence electrons. The maximum Gasteiger partial charge on any atom is 0.327 e. The number of benzene rings is 1. The maximum absolute atomic E-state index is 11.6. The van der Waals surface area contributed by atoms with E-state index in [2.05, 4.69) is 10.1 Å². The summed E-state index contributed by atoms with van der Waals surface area (Å²) in [5.74, 6) is 0.981. The lowest BCUT2D eigenvalue weighted by atomic mass is 10.1. The minimum atomic E-state index is -0.346. The van der Waals surface area contributed by atoms with Gasteiger partial charge >= 0.3 is 5.97 Å². The molecule has 0 spiro atoms. The Morgan fingerprint density at radius 2 is 2.05 bits per heavy atom. The van der Waals surface area contributed by atoms with Gasteiger partial charge in [-0.15, -0.1) is 0 Å². The largest absolute Gasteiger partial charge is 0.493 e. The lowest BCUT2D eigenvalue weighted by Crippen LogP contribution is -2.15. The molecule has 0 aliphatic rings. The molecule has 0 saturated carbocycles. The van der Waals surface area contributed by atoms with Crippen molar-refractivity contribution < 1.29 is 19.0 Å². The number of ether oxygens (including phenoxy) is 3. The van der Waals surface area contributed by atoms with Gasteiger partial charge in [-0.25, -0.2) is 9.67 Å². The molecule has 0 unspecified atom stereocenters. The van der Waals surface area contributed by atoms with E-state index in [9.17, 15) is 4.79 Å². The predicted octanol–water partition coefficient (Wildman–Crippen LogP) is 1.08. The molecule has 1 aromatic carbocycles. The van der Waals surface area contributed by atoms with Crippen LogP contribution in [0.5, 0.6) is 11.5 Å². The van der Waals surface area contributed by atoms with Crippen molar-refractivity contribution in [1.82, 2.24) is 14.8 Å². The Morgan fingerprint density at radius 1 is 1.24 bits per heavy atom. The van der Waals surface area contributed by atoms with E-state index in [0.717, 1.165) is 5.56 Å². The summed E-state index contributed by atoms with van der Waals surface area (Å²) in [4.78, 5) is 15.3. The van der Waals surface area contributed by atoms with Gasteiger partial charge in [-0.2, -0.15) is 5.10 Å². The first-order chi connectivity index (χ1) is 10.2. The van der Waals surface area contributed by atoms with Crippen molar-refractivity contribution in [2.75, 3.05) is 20.8 Å². The molecule has 1 aromatic heterocycles. The molecule has 0 radical (unpaired) electrons. The molecule has 21 heavy (non-hydrogen) atoms. The van der Waals surface area contributed by atoms with Crippen molar-refractivity contribution >= 4 is 5.97 Å². The first-order valence-electron chi connectivity index (χ1n) is 6.42. The highest BCUT2D eigenvalue weighted by Gasteiger charge is 2.07. The average molecular weight is 291 g/mol. The third kappa shape index (κ3) is 4.20. The van der Waals surface area contributed by atoms with Crippen molar-refractivity contribution in [1.29, 1.82) is 0 Å². The molecule has 0 fully saturated rings. The Kier molecular flexibility index (Phi) is 5.14. The van der Waals surface area contributed by atoms with Gasteiger partial charge in [0.15, 0.2) is 11.5 Å². The summed E-state index contributed by atoms with van der Waals surface area (Å²) in [5.41, 5.74) is 1.00. The number of hydrogen-bond donors (Lipinski definition) is 0. The second-order valence-electron chi connectivity index (χ2n) is 4.25. The van der Waals surface area contributed by atoms with E-state index in [-0.39, 0.29) is 12.5 Å². The smallest absolute Gasteiger partial charge is 0.327 e. The number of carbonyl (C=O) groups excluding carboxylic acids is 1. The van der Waals surface area contributed by atoms with Crippen molar-refractivity contribution in [3.8, 4) is 11.5 Å². The van der Waals surface area contributed by atoms with Crippen LogP contribution < -0.4 is 9.47 Å². The van der Waals surface area contributed by atoms with Crippen LogP contribution in [-0.2, 0) is 22.5 Å². The van der Waals surface area contributed by atoms with Gasteiger partial charge in [0.25, 0.3) is 0 Å². The van der Waals surface area contributed by atoms with E-state index >= 15 is 0 Å². The molecule has 0 amide bonds. The van der Waals surface area contributed by atoms with Gasteiger partial charge < -0.3 is 14.2 Å². The second kappa shape index (κ2) is 7.28. The number of aromatic nitrogens is 3. The fourth-order valence-electron chi connectivity index (χ4n) is 1.81. The number of methoxy groups -OCH3 is 2. The Hall–Kier alpha value is -2.57. The number of hydrogen-bond acceptors (Lipinski definition) is 6. The summed E-state index contributed by atoms with van der Waals surface area (Å²) < 4.78 is 17.0. The normalized spacial score (nSPS) is 10.2. The van der Waals surface area contributed by atoms with Crippen LogP contribution in [0.25, 0.3) is 0 Å². The minimum Gasteiger partial charge on any atom is -0.493 e. The maximum atomic E-state index is 11.6. The summed E-state index contributed by atoms with van der Waals surface area (Å²) in [5, 5.41) is 3.84. The number of nitrogens with zero attached hydrogens (tertiary/aromatic N) is 3. The summed E-state index contributed by atoms with van der Waals surface area (Å²) in [6, 6.07) is 5.60. The van der Waals surface area contributed by atoms with Crippen LogP contribution in [0.15, 0.2) is 30.9 Å². The topological polar surface area (TPSA) is 75.5 Å². The van der Waals surface area contributed by atoms with Crippen molar-refractivity contribution in [3.63, 3.8) is 0 Å². The number of esters is 1. The van der Waals surface area contributed by atoms with Crippen LogP contribution >= 0.6 is 0 Å². The Balaban J connectivity index is 1.81. The van der Waals surface area contributed by atoms with E-state index in [1.807, 2.05) is 18.2 Å². The van der Waals surface area contributed by atoms with Crippen LogP contribution in [0.3, 0.4) is 0 Å². The highest BCUT2D eigenvalue weighted by atomic mass is 16.5. The molecule has 0 atom stereocenters. The van der Waals surface area contributed by atoms with Crippen LogP contribution in [0.4, 0.5) is 0 Å². The van der Waals surface area contributed by atoms with Gasteiger partial charge in [-0.05, 0) is 17.7 Å². The number of carbonyl (C=O) groups is 1. The summed E-state index contributed by atoms with van der Waals surface area (Å²) in [7, 11) is 3.17. The van der Waals surface area contributed by atoms with Gasteiger partial charge in [0, 0.05) is 6.42 Å². The Bertz CT molecular complexity index is 584. The SMILES string of the molecule is COc1ccc(CCOC(=O)Cn2cncn2)cc1OC. The molecule has 7 nitrogen and oxygen atoms in total. The fraction of sp³-hybridized carbons (Fsp3) is 0.357. The molecule has 0 saturated heterocycles. The predicted molar refractivity (Wildman–Crippen MR) is 74.2 cm³/mol. The molecule has 2 rings (SSSR count). The van der Waals surface area contributed by atoms with Crippen LogP contribution in [0.1, 0.15) is 5.56 Å². The van der Waals surface area contributed by atoms with Gasteiger partial charge in [0.1, 0.15) is 19.2 Å². The first kappa shape index (κ1) is 14.8. The van der Waals surface area contributed by atoms with Gasteiger partial charge in [0.05, 0.1) is 20.8 Å². The second-order valence-corrected chi connectivity index (χ2v) is 4.25. The monoisotopic (exact) mass is 291 g/mol. The van der Waals surface area contributed by atoms with Crippen LogP contribution in [0.2, 0.25) is 0 Å². The Morgan fingerprint density at radius 3 is 2.71 bits per heavy atom. The molecule has 0 aliphatic heterocycles. The molecule has 0 N–H and O–H groups in total. The van der Waals surface area contributed by atoms with Gasteiger partial charge in [-0.3, -0.25) is 4.79 Å². The lowest BCUT2D eigenvalue weighted by Gasteiger charge is -2.10. The minimum absolute atomic E-state index is 0.0614. The molecule has 0 aliphatic carbocycles. The first-order valence-corrected chi connectivity index (χ1v) is 6.42. The Labute approximate surface area is 122 Å². The van der Waals surface area contributed by atoms with Crippen LogP contribution in [-0.4, -0.2) is 41.6 Å².